The summed E-state index contributed by atoms with van der Waals surface area (Å²) in [6.45, 7) is 0. The number of amides is 4. The Kier molecular flexibility index (Phi) is 14.9. The van der Waals surface area contributed by atoms with E-state index < -0.39 is 0 Å². The molecule has 0 fully saturated rings. The summed E-state index contributed by atoms with van der Waals surface area (Å²) in [5.74, 6) is -0.963. The number of nitrogens with zero attached hydrogens (tertiary/aromatic N) is 2. The van der Waals surface area contributed by atoms with Gasteiger partial charge in [0.25, 0.3) is 23.6 Å². The minimum absolute atomic E-state index is 0.241. The molecule has 7 nitrogen and oxygen atoms in total. The standard InChI is InChI=1S/2C6H6.2C5H5NO2.C2H6O/c2*1-2-4-6-5-3-1;2*1-6-4(7)2-3-5(6)8;1-3-2/h2*1-6H;2*2-3H,1H3;1-2H3. The number of ether oxygens (including phenoxy) is 1. The highest BCUT2D eigenvalue weighted by Crippen LogP contribution is 1.98. The van der Waals surface area contributed by atoms with Gasteiger partial charge in [0, 0.05) is 52.6 Å². The number of methoxy groups -OCH3 is 1. The van der Waals surface area contributed by atoms with Crippen molar-refractivity contribution < 1.29 is 23.9 Å². The monoisotopic (exact) mass is 424 g/mol. The van der Waals surface area contributed by atoms with Crippen LogP contribution >= 0.6 is 0 Å². The molecule has 4 amide bonds. The second-order valence-electron chi connectivity index (χ2n) is 5.86. The number of hydrogen-bond donors (Lipinski definition) is 0. The molecule has 4 rings (SSSR count). The molecule has 7 heteroatoms. The molecule has 0 atom stereocenters. The van der Waals surface area contributed by atoms with E-state index in [-0.39, 0.29) is 23.6 Å². The minimum Gasteiger partial charge on any atom is -0.388 e. The van der Waals surface area contributed by atoms with Crippen LogP contribution in [0.4, 0.5) is 0 Å². The molecular formula is C24H28N2O5. The van der Waals surface area contributed by atoms with E-state index in [0.717, 1.165) is 9.80 Å². The van der Waals surface area contributed by atoms with Crippen molar-refractivity contribution in [2.45, 2.75) is 0 Å². The van der Waals surface area contributed by atoms with E-state index in [0.29, 0.717) is 0 Å². The number of imide groups is 2. The van der Waals surface area contributed by atoms with Crippen LogP contribution in [0.1, 0.15) is 0 Å². The van der Waals surface area contributed by atoms with E-state index in [1.807, 2.05) is 72.8 Å². The summed E-state index contributed by atoms with van der Waals surface area (Å²) < 4.78 is 4.25. The first-order chi connectivity index (χ1) is 14.8. The highest BCUT2D eigenvalue weighted by molar-refractivity contribution is 6.13. The summed E-state index contributed by atoms with van der Waals surface area (Å²) in [7, 11) is 6.15. The second-order valence-corrected chi connectivity index (χ2v) is 5.86. The smallest absolute Gasteiger partial charge is 0.253 e. The molecule has 2 aliphatic heterocycles. The average molecular weight is 424 g/mol. The van der Waals surface area contributed by atoms with Crippen molar-refractivity contribution in [1.82, 2.24) is 9.80 Å². The first-order valence-corrected chi connectivity index (χ1v) is 9.24. The molecule has 2 aromatic rings. The highest BCUT2D eigenvalue weighted by atomic mass is 16.4. The first-order valence-electron chi connectivity index (χ1n) is 9.24. The Hall–Kier alpha value is -3.84. The third-order valence-electron chi connectivity index (χ3n) is 3.39. The molecule has 0 radical (unpaired) electrons. The molecule has 2 heterocycles. The summed E-state index contributed by atoms with van der Waals surface area (Å²) in [5.41, 5.74) is 0. The summed E-state index contributed by atoms with van der Waals surface area (Å²) >= 11 is 0. The van der Waals surface area contributed by atoms with Crippen molar-refractivity contribution in [2.75, 3.05) is 28.3 Å². The Morgan fingerprint density at radius 1 is 0.452 bits per heavy atom. The molecule has 0 aliphatic carbocycles. The quantitative estimate of drug-likeness (QED) is 0.607. The average Bonchev–Trinajstić information content (AvgIpc) is 3.27. The molecule has 0 spiro atoms. The van der Waals surface area contributed by atoms with Crippen LogP contribution in [0, 0.1) is 0 Å². The van der Waals surface area contributed by atoms with Crippen LogP contribution in [0.5, 0.6) is 0 Å². The molecule has 0 bridgehead atoms. The molecule has 0 aromatic heterocycles. The van der Waals surface area contributed by atoms with Gasteiger partial charge in [-0.25, -0.2) is 0 Å². The molecule has 2 aliphatic rings. The van der Waals surface area contributed by atoms with Crippen LogP contribution in [0.3, 0.4) is 0 Å². The van der Waals surface area contributed by atoms with Crippen LogP contribution < -0.4 is 0 Å². The van der Waals surface area contributed by atoms with Crippen molar-refractivity contribution in [2.24, 2.45) is 0 Å². The van der Waals surface area contributed by atoms with Crippen LogP contribution in [0.15, 0.2) is 97.1 Å². The molecule has 2 aromatic carbocycles. The number of carbonyl (C=O) groups is 4. The zero-order chi connectivity index (χ0) is 23.5. The van der Waals surface area contributed by atoms with Crippen molar-refractivity contribution in [1.29, 1.82) is 0 Å². The lowest BCUT2D eigenvalue weighted by Crippen LogP contribution is -2.24. The van der Waals surface area contributed by atoms with Gasteiger partial charge < -0.3 is 4.74 Å². The zero-order valence-electron chi connectivity index (χ0n) is 18.2. The third-order valence-corrected chi connectivity index (χ3v) is 3.39. The van der Waals surface area contributed by atoms with Crippen molar-refractivity contribution in [3.63, 3.8) is 0 Å². The molecular weight excluding hydrogens is 396 g/mol. The fourth-order valence-electron chi connectivity index (χ4n) is 1.72. The Bertz CT molecular complexity index is 688. The first kappa shape index (κ1) is 27.2. The Labute approximate surface area is 183 Å². The van der Waals surface area contributed by atoms with E-state index in [9.17, 15) is 19.2 Å². The number of hydrogen-bond acceptors (Lipinski definition) is 5. The van der Waals surface area contributed by atoms with Gasteiger partial charge in [-0.3, -0.25) is 29.0 Å². The minimum atomic E-state index is -0.241. The van der Waals surface area contributed by atoms with Crippen molar-refractivity contribution in [3.05, 3.63) is 97.1 Å². The molecule has 164 valence electrons. The Balaban J connectivity index is 0.000000374. The van der Waals surface area contributed by atoms with Crippen molar-refractivity contribution in [3.8, 4) is 0 Å². The van der Waals surface area contributed by atoms with E-state index in [4.69, 9.17) is 0 Å². The maximum absolute atomic E-state index is 10.4. The maximum atomic E-state index is 10.4. The van der Waals surface area contributed by atoms with Gasteiger partial charge in [0.1, 0.15) is 0 Å². The SMILES string of the molecule is CN1C(=O)C=CC1=O.CN1C(=O)C=CC1=O.COC.c1ccccc1.c1ccccc1. The van der Waals surface area contributed by atoms with E-state index >= 15 is 0 Å². The Morgan fingerprint density at radius 2 is 0.581 bits per heavy atom. The van der Waals surface area contributed by atoms with E-state index in [1.54, 1.807) is 14.2 Å². The highest BCUT2D eigenvalue weighted by Gasteiger charge is 2.17. The number of likely N-dealkylation sites (N-methyl/N-ethyl adjacent to an activating group) is 2. The fraction of sp³-hybridized carbons (Fsp3) is 0.167. The molecule has 0 unspecified atom stereocenters. The summed E-state index contributed by atoms with van der Waals surface area (Å²) in [6, 6.07) is 24.0. The summed E-state index contributed by atoms with van der Waals surface area (Å²) in [4.78, 5) is 43.7. The summed E-state index contributed by atoms with van der Waals surface area (Å²) in [6.07, 6.45) is 5.01. The van der Waals surface area contributed by atoms with Gasteiger partial charge in [0.05, 0.1) is 0 Å². The van der Waals surface area contributed by atoms with Crippen LogP contribution in [0.25, 0.3) is 0 Å². The lowest BCUT2D eigenvalue weighted by atomic mass is 10.4. The van der Waals surface area contributed by atoms with Crippen LogP contribution in [-0.2, 0) is 23.9 Å². The number of carbonyl (C=O) groups excluding carboxylic acids is 4. The third kappa shape index (κ3) is 13.1. The maximum Gasteiger partial charge on any atom is 0.253 e. The predicted octanol–water partition coefficient (Wildman–Crippen LogP) is 2.72. The molecule has 31 heavy (non-hydrogen) atoms. The zero-order valence-corrected chi connectivity index (χ0v) is 18.2. The molecule has 0 saturated heterocycles. The van der Waals surface area contributed by atoms with Gasteiger partial charge in [0.2, 0.25) is 0 Å². The lowest BCUT2D eigenvalue weighted by molar-refractivity contribution is -0.136. The lowest BCUT2D eigenvalue weighted by Gasteiger charge is -2.01. The van der Waals surface area contributed by atoms with Crippen molar-refractivity contribution >= 4 is 23.6 Å². The normalized spacial score (nSPS) is 13.2. The van der Waals surface area contributed by atoms with Gasteiger partial charge in [-0.15, -0.1) is 0 Å². The Morgan fingerprint density at radius 3 is 0.645 bits per heavy atom. The predicted molar refractivity (Wildman–Crippen MR) is 120 cm³/mol. The van der Waals surface area contributed by atoms with Gasteiger partial charge in [-0.1, -0.05) is 72.8 Å². The van der Waals surface area contributed by atoms with E-state index in [1.165, 1.54) is 38.4 Å². The summed E-state index contributed by atoms with van der Waals surface area (Å²) in [5, 5.41) is 0. The van der Waals surface area contributed by atoms with Crippen LogP contribution in [0.2, 0.25) is 0 Å². The number of benzene rings is 2. The van der Waals surface area contributed by atoms with Gasteiger partial charge in [-0.2, -0.15) is 0 Å². The van der Waals surface area contributed by atoms with Gasteiger partial charge >= 0.3 is 0 Å². The van der Waals surface area contributed by atoms with Crippen LogP contribution in [-0.4, -0.2) is 61.7 Å². The van der Waals surface area contributed by atoms with E-state index in [2.05, 4.69) is 4.74 Å². The van der Waals surface area contributed by atoms with Gasteiger partial charge in [0.15, 0.2) is 0 Å². The second kappa shape index (κ2) is 17.1. The fourth-order valence-corrected chi connectivity index (χ4v) is 1.72. The largest absolute Gasteiger partial charge is 0.388 e. The van der Waals surface area contributed by atoms with Gasteiger partial charge in [-0.05, 0) is 0 Å². The molecule has 0 N–H and O–H groups in total. The topological polar surface area (TPSA) is 84.0 Å². The molecule has 0 saturated carbocycles. The number of rotatable bonds is 0.